The number of piperidine rings is 1. The van der Waals surface area contributed by atoms with E-state index in [0.717, 1.165) is 12.1 Å². The maximum atomic E-state index is 12.8. The van der Waals surface area contributed by atoms with Crippen molar-refractivity contribution in [3.05, 3.63) is 34.2 Å². The molecule has 1 aromatic carbocycles. The van der Waals surface area contributed by atoms with Gasteiger partial charge < -0.3 is 14.3 Å². The van der Waals surface area contributed by atoms with Crippen molar-refractivity contribution in [3.63, 3.8) is 0 Å². The quantitative estimate of drug-likeness (QED) is 0.501. The van der Waals surface area contributed by atoms with Crippen LogP contribution in [0.3, 0.4) is 0 Å². The maximum Gasteiger partial charge on any atom is 0.501 e. The van der Waals surface area contributed by atoms with Gasteiger partial charge in [0.2, 0.25) is 5.89 Å². The first-order valence-corrected chi connectivity index (χ1v) is 10.3. The number of aromatic nitrogens is 2. The molecule has 0 saturated carbocycles. The van der Waals surface area contributed by atoms with Crippen molar-refractivity contribution >= 4 is 27.2 Å². The third-order valence-corrected chi connectivity index (χ3v) is 6.26. The molecular weight excluding hydrogens is 431 g/mol. The van der Waals surface area contributed by atoms with Crippen molar-refractivity contribution in [2.75, 3.05) is 37.0 Å². The van der Waals surface area contributed by atoms with Gasteiger partial charge in [0.15, 0.2) is 0 Å². The number of halogens is 3. The van der Waals surface area contributed by atoms with Crippen LogP contribution in [0.4, 0.5) is 30.5 Å². The van der Waals surface area contributed by atoms with Crippen LogP contribution in [-0.2, 0) is 9.84 Å². The molecule has 164 valence electrons. The van der Waals surface area contributed by atoms with E-state index in [1.54, 1.807) is 23.9 Å². The van der Waals surface area contributed by atoms with Gasteiger partial charge in [-0.25, -0.2) is 8.42 Å². The fraction of sp³-hybridized carbons (Fsp3) is 0.500. The topological polar surface area (TPSA) is 123 Å². The summed E-state index contributed by atoms with van der Waals surface area (Å²) in [5, 5.41) is 15.3. The Hall–Kier alpha value is -2.90. The lowest BCUT2D eigenvalue weighted by Crippen LogP contribution is -2.33. The number of nitro groups is 1. The third kappa shape index (κ3) is 4.04. The maximum absolute atomic E-state index is 12.8. The SMILES string of the molecule is CN(C)c1noc(C2CCN(c3ccc(S(=O)(=O)C(F)(F)F)cc3[N+](=O)[O-])CC2)n1. The van der Waals surface area contributed by atoms with Crippen LogP contribution < -0.4 is 9.80 Å². The summed E-state index contributed by atoms with van der Waals surface area (Å²) in [6.45, 7) is 0.688. The Balaban J connectivity index is 1.82. The van der Waals surface area contributed by atoms with Crippen molar-refractivity contribution in [1.29, 1.82) is 0 Å². The van der Waals surface area contributed by atoms with E-state index in [0.29, 0.717) is 43.8 Å². The molecule has 0 spiro atoms. The highest BCUT2D eigenvalue weighted by molar-refractivity contribution is 7.92. The molecule has 2 aromatic rings. The first-order valence-electron chi connectivity index (χ1n) is 8.77. The number of sulfone groups is 1. The van der Waals surface area contributed by atoms with E-state index in [4.69, 9.17) is 4.52 Å². The summed E-state index contributed by atoms with van der Waals surface area (Å²) >= 11 is 0. The van der Waals surface area contributed by atoms with Gasteiger partial charge >= 0.3 is 5.51 Å². The number of hydrogen-bond acceptors (Lipinski definition) is 9. The van der Waals surface area contributed by atoms with Crippen molar-refractivity contribution in [2.24, 2.45) is 0 Å². The molecule has 14 heteroatoms. The zero-order valence-electron chi connectivity index (χ0n) is 16.0. The molecule has 0 aliphatic carbocycles. The molecule has 30 heavy (non-hydrogen) atoms. The largest absolute Gasteiger partial charge is 0.501 e. The lowest BCUT2D eigenvalue weighted by Gasteiger charge is -2.31. The van der Waals surface area contributed by atoms with E-state index in [-0.39, 0.29) is 11.6 Å². The van der Waals surface area contributed by atoms with Crippen LogP contribution in [0.25, 0.3) is 0 Å². The number of nitro benzene ring substituents is 1. The minimum Gasteiger partial charge on any atom is -0.366 e. The van der Waals surface area contributed by atoms with Crippen LogP contribution in [0, 0.1) is 10.1 Å². The van der Waals surface area contributed by atoms with Crippen LogP contribution in [0.5, 0.6) is 0 Å². The Morgan fingerprint density at radius 1 is 1.27 bits per heavy atom. The van der Waals surface area contributed by atoms with Crippen LogP contribution in [0.15, 0.2) is 27.6 Å². The van der Waals surface area contributed by atoms with Crippen LogP contribution in [0.2, 0.25) is 0 Å². The smallest absolute Gasteiger partial charge is 0.366 e. The van der Waals surface area contributed by atoms with E-state index in [1.807, 2.05) is 0 Å². The van der Waals surface area contributed by atoms with Crippen molar-refractivity contribution in [1.82, 2.24) is 10.1 Å². The predicted molar refractivity (Wildman–Crippen MR) is 99.2 cm³/mol. The second-order valence-electron chi connectivity index (χ2n) is 6.95. The van der Waals surface area contributed by atoms with Crippen molar-refractivity contribution in [3.8, 4) is 0 Å². The Labute approximate surface area is 169 Å². The molecule has 1 aliphatic heterocycles. The minimum absolute atomic E-state index is 0.0547. The highest BCUT2D eigenvalue weighted by Gasteiger charge is 2.47. The summed E-state index contributed by atoms with van der Waals surface area (Å²) < 4.78 is 66.7. The summed E-state index contributed by atoms with van der Waals surface area (Å²) in [7, 11) is -2.16. The van der Waals surface area contributed by atoms with E-state index in [9.17, 15) is 31.7 Å². The zero-order chi connectivity index (χ0) is 22.3. The van der Waals surface area contributed by atoms with E-state index < -0.39 is 30.9 Å². The number of nitrogens with zero attached hydrogens (tertiary/aromatic N) is 5. The highest BCUT2D eigenvalue weighted by atomic mass is 32.2. The number of rotatable bonds is 5. The minimum atomic E-state index is -5.68. The number of hydrogen-bond donors (Lipinski definition) is 0. The Morgan fingerprint density at radius 3 is 2.40 bits per heavy atom. The molecule has 1 aromatic heterocycles. The average molecular weight is 449 g/mol. The average Bonchev–Trinajstić information content (AvgIpc) is 3.17. The monoisotopic (exact) mass is 449 g/mol. The molecule has 1 fully saturated rings. The van der Waals surface area contributed by atoms with Crippen molar-refractivity contribution < 1.29 is 31.0 Å². The lowest BCUT2D eigenvalue weighted by molar-refractivity contribution is -0.384. The predicted octanol–water partition coefficient (Wildman–Crippen LogP) is 2.72. The Morgan fingerprint density at radius 2 is 1.90 bits per heavy atom. The lowest BCUT2D eigenvalue weighted by atomic mass is 9.96. The summed E-state index contributed by atoms with van der Waals surface area (Å²) in [5.74, 6) is 0.801. The zero-order valence-corrected chi connectivity index (χ0v) is 16.8. The second-order valence-corrected chi connectivity index (χ2v) is 8.89. The van der Waals surface area contributed by atoms with Crippen molar-refractivity contribution in [2.45, 2.75) is 29.2 Å². The summed E-state index contributed by atoms with van der Waals surface area (Å²) in [5.41, 5.74) is -6.19. The van der Waals surface area contributed by atoms with Gasteiger partial charge in [0.1, 0.15) is 5.69 Å². The van der Waals surface area contributed by atoms with Gasteiger partial charge in [-0.05, 0) is 30.1 Å². The van der Waals surface area contributed by atoms with Crippen LogP contribution in [0.1, 0.15) is 24.7 Å². The first-order chi connectivity index (χ1) is 13.9. The molecule has 1 aliphatic rings. The van der Waals surface area contributed by atoms with Crippen LogP contribution in [-0.4, -0.2) is 56.2 Å². The molecule has 2 heterocycles. The van der Waals surface area contributed by atoms with Gasteiger partial charge in [0.05, 0.1) is 9.82 Å². The normalized spacial score (nSPS) is 16.0. The van der Waals surface area contributed by atoms with E-state index in [1.165, 1.54) is 0 Å². The van der Waals surface area contributed by atoms with Gasteiger partial charge in [0.25, 0.3) is 21.5 Å². The number of alkyl halides is 3. The molecule has 3 rings (SSSR count). The van der Waals surface area contributed by atoms with Gasteiger partial charge in [-0.3, -0.25) is 10.1 Å². The van der Waals surface area contributed by atoms with Gasteiger partial charge in [-0.2, -0.15) is 18.2 Å². The van der Waals surface area contributed by atoms with E-state index in [2.05, 4.69) is 10.1 Å². The Bertz CT molecular complexity index is 1050. The summed E-state index contributed by atoms with van der Waals surface area (Å²) in [6.07, 6.45) is 1.05. The molecular formula is C16H18F3N5O5S. The fourth-order valence-corrected chi connectivity index (χ4v) is 3.94. The fourth-order valence-electron chi connectivity index (χ4n) is 3.16. The summed E-state index contributed by atoms with van der Waals surface area (Å²) in [6, 6.07) is 2.22. The molecule has 1 saturated heterocycles. The second kappa shape index (κ2) is 7.74. The highest BCUT2D eigenvalue weighted by Crippen LogP contribution is 2.38. The Kier molecular flexibility index (Phi) is 5.62. The molecule has 10 nitrogen and oxygen atoms in total. The molecule has 0 unspecified atom stereocenters. The van der Waals surface area contributed by atoms with E-state index >= 15 is 0 Å². The van der Waals surface area contributed by atoms with Gasteiger partial charge in [-0.15, -0.1) is 0 Å². The molecule has 0 atom stereocenters. The van der Waals surface area contributed by atoms with Gasteiger partial charge in [0, 0.05) is 39.2 Å². The third-order valence-electron chi connectivity index (χ3n) is 4.77. The molecule has 0 radical (unpaired) electrons. The molecule has 0 amide bonds. The summed E-state index contributed by atoms with van der Waals surface area (Å²) in [4.78, 5) is 17.0. The van der Waals surface area contributed by atoms with Crippen LogP contribution >= 0.6 is 0 Å². The van der Waals surface area contributed by atoms with Gasteiger partial charge in [-0.1, -0.05) is 0 Å². The standard InChI is InChI=1S/C16H18F3N5O5S/c1-22(2)15-20-14(29-21-15)10-5-7-23(8-6-10)12-4-3-11(9-13(12)24(25)26)30(27,28)16(17,18)19/h3-4,9-10H,5-8H2,1-2H3. The number of benzene rings is 1. The molecule has 0 N–H and O–H groups in total. The molecule has 0 bridgehead atoms. The first kappa shape index (κ1) is 21.8. The number of anilines is 2.